The molecule has 0 bridgehead atoms. The minimum Gasteiger partial charge on any atom is -0.493 e. The van der Waals surface area contributed by atoms with Gasteiger partial charge in [-0.2, -0.15) is 0 Å². The van der Waals surface area contributed by atoms with Crippen molar-refractivity contribution in [3.63, 3.8) is 0 Å². The van der Waals surface area contributed by atoms with Gasteiger partial charge < -0.3 is 14.6 Å². The van der Waals surface area contributed by atoms with Crippen LogP contribution in [0, 0.1) is 0 Å². The molecule has 0 spiro atoms. The third-order valence-corrected chi connectivity index (χ3v) is 2.89. The van der Waals surface area contributed by atoms with E-state index in [1.807, 2.05) is 30.3 Å². The minimum absolute atomic E-state index is 0.283. The Balaban J connectivity index is 2.01. The van der Waals surface area contributed by atoms with E-state index in [2.05, 4.69) is 4.98 Å². The van der Waals surface area contributed by atoms with Crippen LogP contribution in [0.3, 0.4) is 0 Å². The molecule has 1 unspecified atom stereocenters. The van der Waals surface area contributed by atoms with Gasteiger partial charge in [0.2, 0.25) is 0 Å². The first-order valence-electron chi connectivity index (χ1n) is 6.53. The van der Waals surface area contributed by atoms with E-state index in [1.165, 1.54) is 0 Å². The van der Waals surface area contributed by atoms with Crippen molar-refractivity contribution in [2.45, 2.75) is 19.4 Å². The van der Waals surface area contributed by atoms with Crippen molar-refractivity contribution in [2.24, 2.45) is 0 Å². The highest BCUT2D eigenvalue weighted by Gasteiger charge is 2.17. The zero-order valence-electron chi connectivity index (χ0n) is 11.3. The first kappa shape index (κ1) is 14.3. The highest BCUT2D eigenvalue weighted by atomic mass is 16.5. The van der Waals surface area contributed by atoms with E-state index in [9.17, 15) is 4.79 Å². The summed E-state index contributed by atoms with van der Waals surface area (Å²) in [5.41, 5.74) is 0.851. The summed E-state index contributed by atoms with van der Waals surface area (Å²) in [7, 11) is 0. The third kappa shape index (κ3) is 3.45. The monoisotopic (exact) mass is 275 g/mol. The molecule has 0 aliphatic heterocycles. The zero-order chi connectivity index (χ0) is 14.4. The van der Waals surface area contributed by atoms with Crippen LogP contribution in [0.4, 0.5) is 0 Å². The van der Waals surface area contributed by atoms with Crippen molar-refractivity contribution in [1.29, 1.82) is 0 Å². The molecule has 0 fully saturated rings. The van der Waals surface area contributed by atoms with Gasteiger partial charge in [-0.15, -0.1) is 0 Å². The molecule has 0 saturated heterocycles. The van der Waals surface area contributed by atoms with Crippen LogP contribution in [0.2, 0.25) is 0 Å². The molecule has 0 saturated carbocycles. The predicted octanol–water partition coefficient (Wildman–Crippen LogP) is 2.49. The lowest BCUT2D eigenvalue weighted by Gasteiger charge is -2.13. The molecule has 1 heterocycles. The van der Waals surface area contributed by atoms with E-state index >= 15 is 0 Å². The van der Waals surface area contributed by atoms with Gasteiger partial charge in [-0.05, 0) is 31.2 Å². The molecule has 0 radical (unpaired) electrons. The lowest BCUT2D eigenvalue weighted by Crippen LogP contribution is -2.26. The number of carboxylic acids is 1. The molecule has 0 amide bonds. The molecule has 1 aromatic carbocycles. The van der Waals surface area contributed by atoms with Crippen molar-refractivity contribution in [3.8, 4) is 5.75 Å². The van der Waals surface area contributed by atoms with Crippen LogP contribution >= 0.6 is 0 Å². The van der Waals surface area contributed by atoms with Crippen LogP contribution < -0.4 is 4.74 Å². The first-order valence-corrected chi connectivity index (χ1v) is 6.53. The summed E-state index contributed by atoms with van der Waals surface area (Å²) in [5, 5.41) is 9.90. The zero-order valence-corrected chi connectivity index (χ0v) is 11.3. The molecule has 20 heavy (non-hydrogen) atoms. The molecule has 0 aliphatic carbocycles. The maximum atomic E-state index is 11.0. The Kier molecular flexibility index (Phi) is 4.90. The molecular formula is C15H17NO4. The van der Waals surface area contributed by atoms with Gasteiger partial charge in [0.05, 0.1) is 12.1 Å². The second kappa shape index (κ2) is 6.86. The fourth-order valence-electron chi connectivity index (χ4n) is 1.96. The Hall–Kier alpha value is -2.14. The standard InChI is InChI=1S/C15H17NO4/c1-2-19-14(15(17)18)8-10-20-13-7-3-6-12-11(13)5-4-9-16-12/h3-7,9,14H,2,8,10H2,1H3,(H,17,18). The van der Waals surface area contributed by atoms with E-state index in [-0.39, 0.29) is 6.61 Å². The molecule has 2 rings (SSSR count). The molecule has 1 atom stereocenters. The third-order valence-electron chi connectivity index (χ3n) is 2.89. The number of hydrogen-bond donors (Lipinski definition) is 1. The van der Waals surface area contributed by atoms with Crippen LogP contribution in [0.5, 0.6) is 5.75 Å². The normalized spacial score (nSPS) is 12.2. The number of ether oxygens (including phenoxy) is 2. The Labute approximate surface area is 117 Å². The average Bonchev–Trinajstić information content (AvgIpc) is 2.46. The number of pyridine rings is 1. The lowest BCUT2D eigenvalue weighted by atomic mass is 10.2. The van der Waals surface area contributed by atoms with Crippen molar-refractivity contribution in [2.75, 3.05) is 13.2 Å². The van der Waals surface area contributed by atoms with Gasteiger partial charge in [0.1, 0.15) is 5.75 Å². The van der Waals surface area contributed by atoms with Gasteiger partial charge in [0.25, 0.3) is 0 Å². The number of aliphatic carboxylic acids is 1. The lowest BCUT2D eigenvalue weighted by molar-refractivity contribution is -0.150. The number of carboxylic acid groups (broad SMARTS) is 1. The van der Waals surface area contributed by atoms with Gasteiger partial charge in [-0.1, -0.05) is 6.07 Å². The second-order valence-corrected chi connectivity index (χ2v) is 4.25. The summed E-state index contributed by atoms with van der Waals surface area (Å²) >= 11 is 0. The quantitative estimate of drug-likeness (QED) is 0.840. The SMILES string of the molecule is CCOC(CCOc1cccc2ncccc12)C(=O)O. The van der Waals surface area contributed by atoms with Gasteiger partial charge in [-0.3, -0.25) is 4.98 Å². The molecule has 1 aromatic heterocycles. The first-order chi connectivity index (χ1) is 9.72. The van der Waals surface area contributed by atoms with E-state index in [1.54, 1.807) is 13.1 Å². The number of aromatic nitrogens is 1. The Morgan fingerprint density at radius 1 is 1.35 bits per heavy atom. The summed E-state index contributed by atoms with van der Waals surface area (Å²) in [6, 6.07) is 9.38. The highest BCUT2D eigenvalue weighted by Crippen LogP contribution is 2.23. The van der Waals surface area contributed by atoms with Gasteiger partial charge >= 0.3 is 5.97 Å². The molecule has 0 aliphatic rings. The van der Waals surface area contributed by atoms with Gasteiger partial charge in [-0.25, -0.2) is 4.79 Å². The highest BCUT2D eigenvalue weighted by molar-refractivity contribution is 5.84. The van der Waals surface area contributed by atoms with E-state index in [0.717, 1.165) is 10.9 Å². The maximum absolute atomic E-state index is 11.0. The van der Waals surface area contributed by atoms with Crippen molar-refractivity contribution >= 4 is 16.9 Å². The molecular weight excluding hydrogens is 258 g/mol. The molecule has 1 N–H and O–H groups in total. The topological polar surface area (TPSA) is 68.7 Å². The van der Waals surface area contributed by atoms with Crippen molar-refractivity contribution in [3.05, 3.63) is 36.5 Å². The summed E-state index contributed by atoms with van der Waals surface area (Å²) in [6.07, 6.45) is 1.20. The molecule has 106 valence electrons. The van der Waals surface area contributed by atoms with E-state index in [4.69, 9.17) is 14.6 Å². The van der Waals surface area contributed by atoms with Gasteiger partial charge in [0.15, 0.2) is 6.10 Å². The maximum Gasteiger partial charge on any atom is 0.332 e. The largest absolute Gasteiger partial charge is 0.493 e. The van der Waals surface area contributed by atoms with Crippen LogP contribution in [0.25, 0.3) is 10.9 Å². The number of benzene rings is 1. The Bertz CT molecular complexity index is 580. The molecule has 5 heteroatoms. The second-order valence-electron chi connectivity index (χ2n) is 4.25. The fraction of sp³-hybridized carbons (Fsp3) is 0.333. The number of rotatable bonds is 7. The number of fused-ring (bicyclic) bond motifs is 1. The summed E-state index contributed by atoms with van der Waals surface area (Å²) < 4.78 is 10.8. The van der Waals surface area contributed by atoms with Crippen LogP contribution in [-0.2, 0) is 9.53 Å². The average molecular weight is 275 g/mol. The number of nitrogens with zero attached hydrogens (tertiary/aromatic N) is 1. The van der Waals surface area contributed by atoms with E-state index in [0.29, 0.717) is 18.8 Å². The van der Waals surface area contributed by atoms with Crippen LogP contribution in [-0.4, -0.2) is 35.4 Å². The molecule has 5 nitrogen and oxygen atoms in total. The minimum atomic E-state index is -0.963. The smallest absolute Gasteiger partial charge is 0.332 e. The fourth-order valence-corrected chi connectivity index (χ4v) is 1.96. The molecule has 2 aromatic rings. The van der Waals surface area contributed by atoms with Gasteiger partial charge in [0, 0.05) is 24.6 Å². The summed E-state index contributed by atoms with van der Waals surface area (Å²) in [5.74, 6) is -0.258. The summed E-state index contributed by atoms with van der Waals surface area (Å²) in [6.45, 7) is 2.42. The number of carbonyl (C=O) groups is 1. The predicted molar refractivity (Wildman–Crippen MR) is 74.9 cm³/mol. The summed E-state index contributed by atoms with van der Waals surface area (Å²) in [4.78, 5) is 15.2. The van der Waals surface area contributed by atoms with Crippen LogP contribution in [0.15, 0.2) is 36.5 Å². The van der Waals surface area contributed by atoms with Crippen LogP contribution in [0.1, 0.15) is 13.3 Å². The van der Waals surface area contributed by atoms with E-state index < -0.39 is 12.1 Å². The Morgan fingerprint density at radius 3 is 2.95 bits per heavy atom. The number of hydrogen-bond acceptors (Lipinski definition) is 4. The Morgan fingerprint density at radius 2 is 2.20 bits per heavy atom. The van der Waals surface area contributed by atoms with Crippen molar-refractivity contribution in [1.82, 2.24) is 4.98 Å². The van der Waals surface area contributed by atoms with Crippen molar-refractivity contribution < 1.29 is 19.4 Å².